The molecule has 124 valence electrons. The van der Waals surface area contributed by atoms with E-state index >= 15 is 0 Å². The van der Waals surface area contributed by atoms with Gasteiger partial charge in [0.1, 0.15) is 11.4 Å². The molecule has 0 spiro atoms. The summed E-state index contributed by atoms with van der Waals surface area (Å²) in [7, 11) is 0. The molecule has 2 heterocycles. The third-order valence-corrected chi connectivity index (χ3v) is 4.51. The van der Waals surface area contributed by atoms with E-state index in [-0.39, 0.29) is 0 Å². The molecule has 1 unspecified atom stereocenters. The van der Waals surface area contributed by atoms with Crippen LogP contribution in [0.25, 0.3) is 0 Å². The van der Waals surface area contributed by atoms with Crippen LogP contribution in [0.5, 0.6) is 0 Å². The zero-order valence-electron chi connectivity index (χ0n) is 13.8. The van der Waals surface area contributed by atoms with E-state index in [0.717, 1.165) is 6.54 Å². The van der Waals surface area contributed by atoms with Gasteiger partial charge in [0.15, 0.2) is 0 Å². The highest BCUT2D eigenvalue weighted by Crippen LogP contribution is 2.21. The standard InChI is InChI=1S/C19H26N2O2/c1-19(22,18-6-5-13-23-18)15-20-14-16-7-9-17(10-8-16)21-11-3-2-4-12-21/h5-10,13,20,22H,2-4,11-12,14-15H2,1H3. The minimum Gasteiger partial charge on any atom is -0.466 e. The van der Waals surface area contributed by atoms with Gasteiger partial charge in [-0.05, 0) is 56.0 Å². The Morgan fingerprint density at radius 3 is 2.52 bits per heavy atom. The summed E-state index contributed by atoms with van der Waals surface area (Å²) in [6.07, 6.45) is 5.54. The number of furan rings is 1. The number of nitrogens with zero attached hydrogens (tertiary/aromatic N) is 1. The zero-order valence-corrected chi connectivity index (χ0v) is 13.8. The molecule has 0 bridgehead atoms. The summed E-state index contributed by atoms with van der Waals surface area (Å²) >= 11 is 0. The molecule has 0 amide bonds. The number of anilines is 1. The van der Waals surface area contributed by atoms with Crippen LogP contribution in [0.15, 0.2) is 47.1 Å². The summed E-state index contributed by atoms with van der Waals surface area (Å²) in [5.74, 6) is 0.588. The lowest BCUT2D eigenvalue weighted by Gasteiger charge is -2.29. The Balaban J connectivity index is 1.50. The van der Waals surface area contributed by atoms with Gasteiger partial charge in [-0.15, -0.1) is 0 Å². The summed E-state index contributed by atoms with van der Waals surface area (Å²) in [5.41, 5.74) is 1.55. The zero-order chi connectivity index (χ0) is 16.1. The molecule has 4 nitrogen and oxygen atoms in total. The van der Waals surface area contributed by atoms with Crippen molar-refractivity contribution in [3.63, 3.8) is 0 Å². The van der Waals surface area contributed by atoms with Crippen LogP contribution in [0, 0.1) is 0 Å². The summed E-state index contributed by atoms with van der Waals surface area (Å²) in [6, 6.07) is 12.3. The molecule has 2 N–H and O–H groups in total. The summed E-state index contributed by atoms with van der Waals surface area (Å²) < 4.78 is 5.29. The Morgan fingerprint density at radius 2 is 1.87 bits per heavy atom. The summed E-state index contributed by atoms with van der Waals surface area (Å²) in [6.45, 7) is 5.29. The molecule has 4 heteroatoms. The molecule has 1 aromatic carbocycles. The molecular formula is C19H26N2O2. The lowest BCUT2D eigenvalue weighted by molar-refractivity contribution is 0.0340. The van der Waals surface area contributed by atoms with E-state index in [1.807, 2.05) is 0 Å². The van der Waals surface area contributed by atoms with E-state index in [0.29, 0.717) is 12.3 Å². The second-order valence-corrected chi connectivity index (χ2v) is 6.57. The normalized spacial score (nSPS) is 17.9. The van der Waals surface area contributed by atoms with Crippen molar-refractivity contribution in [2.24, 2.45) is 0 Å². The first kappa shape index (κ1) is 16.1. The highest BCUT2D eigenvalue weighted by Gasteiger charge is 2.25. The molecule has 1 aliphatic rings. The first-order chi connectivity index (χ1) is 11.1. The van der Waals surface area contributed by atoms with Crippen LogP contribution >= 0.6 is 0 Å². The van der Waals surface area contributed by atoms with Gasteiger partial charge in [0.2, 0.25) is 0 Å². The predicted molar refractivity (Wildman–Crippen MR) is 92.5 cm³/mol. The van der Waals surface area contributed by atoms with Crippen LogP contribution in [0.4, 0.5) is 5.69 Å². The Labute approximate surface area is 138 Å². The summed E-state index contributed by atoms with van der Waals surface area (Å²) in [5, 5.41) is 13.7. The van der Waals surface area contributed by atoms with Gasteiger partial charge in [-0.2, -0.15) is 0 Å². The van der Waals surface area contributed by atoms with Crippen molar-refractivity contribution in [2.45, 2.75) is 38.3 Å². The monoisotopic (exact) mass is 314 g/mol. The SMILES string of the molecule is CC(O)(CNCc1ccc(N2CCCCC2)cc1)c1ccco1. The average molecular weight is 314 g/mol. The quantitative estimate of drug-likeness (QED) is 0.859. The van der Waals surface area contributed by atoms with Crippen LogP contribution < -0.4 is 10.2 Å². The summed E-state index contributed by atoms with van der Waals surface area (Å²) in [4.78, 5) is 2.46. The Hall–Kier alpha value is -1.78. The molecule has 1 aromatic heterocycles. The number of piperidine rings is 1. The average Bonchev–Trinajstić information content (AvgIpc) is 3.12. The number of benzene rings is 1. The van der Waals surface area contributed by atoms with Crippen molar-refractivity contribution >= 4 is 5.69 Å². The molecule has 2 aromatic rings. The second-order valence-electron chi connectivity index (χ2n) is 6.57. The van der Waals surface area contributed by atoms with E-state index < -0.39 is 5.60 Å². The lowest BCUT2D eigenvalue weighted by Crippen LogP contribution is -2.34. The maximum Gasteiger partial charge on any atom is 0.136 e. The molecule has 1 atom stereocenters. The number of rotatable bonds is 6. The first-order valence-corrected chi connectivity index (χ1v) is 8.46. The van der Waals surface area contributed by atoms with Crippen molar-refractivity contribution in [3.05, 3.63) is 54.0 Å². The van der Waals surface area contributed by atoms with Gasteiger partial charge in [0.25, 0.3) is 0 Å². The maximum atomic E-state index is 10.4. The fraction of sp³-hybridized carbons (Fsp3) is 0.474. The minimum absolute atomic E-state index is 0.453. The van der Waals surface area contributed by atoms with Crippen molar-refractivity contribution in [1.29, 1.82) is 0 Å². The van der Waals surface area contributed by atoms with Gasteiger partial charge in [-0.1, -0.05) is 12.1 Å². The van der Waals surface area contributed by atoms with Crippen LogP contribution in [0.2, 0.25) is 0 Å². The van der Waals surface area contributed by atoms with Crippen molar-refractivity contribution in [3.8, 4) is 0 Å². The molecule has 1 aliphatic heterocycles. The van der Waals surface area contributed by atoms with E-state index in [1.54, 1.807) is 25.3 Å². The van der Waals surface area contributed by atoms with Crippen molar-refractivity contribution in [1.82, 2.24) is 5.32 Å². The highest BCUT2D eigenvalue weighted by atomic mass is 16.4. The number of hydrogen-bond acceptors (Lipinski definition) is 4. The Kier molecular flexibility index (Phi) is 5.03. The van der Waals surface area contributed by atoms with E-state index in [1.165, 1.54) is 43.6 Å². The van der Waals surface area contributed by atoms with Gasteiger partial charge in [0, 0.05) is 31.9 Å². The Morgan fingerprint density at radius 1 is 1.13 bits per heavy atom. The third-order valence-electron chi connectivity index (χ3n) is 4.51. The van der Waals surface area contributed by atoms with E-state index in [9.17, 15) is 5.11 Å². The second kappa shape index (κ2) is 7.20. The molecule has 3 rings (SSSR count). The van der Waals surface area contributed by atoms with Crippen molar-refractivity contribution in [2.75, 3.05) is 24.5 Å². The van der Waals surface area contributed by atoms with Crippen LogP contribution in [0.1, 0.15) is 37.5 Å². The minimum atomic E-state index is -0.989. The Bertz CT molecular complexity index is 584. The highest BCUT2D eigenvalue weighted by molar-refractivity contribution is 5.47. The number of nitrogens with one attached hydrogen (secondary N) is 1. The van der Waals surface area contributed by atoms with Gasteiger partial charge < -0.3 is 19.7 Å². The molecule has 1 saturated heterocycles. The molecule has 23 heavy (non-hydrogen) atoms. The van der Waals surface area contributed by atoms with Crippen LogP contribution in [0.3, 0.4) is 0 Å². The predicted octanol–water partition coefficient (Wildman–Crippen LogP) is 3.27. The van der Waals surface area contributed by atoms with Gasteiger partial charge >= 0.3 is 0 Å². The molecule has 0 radical (unpaired) electrons. The van der Waals surface area contributed by atoms with Gasteiger partial charge in [-0.25, -0.2) is 0 Å². The smallest absolute Gasteiger partial charge is 0.136 e. The first-order valence-electron chi connectivity index (χ1n) is 8.46. The molecular weight excluding hydrogens is 288 g/mol. The van der Waals surface area contributed by atoms with E-state index in [4.69, 9.17) is 4.42 Å². The largest absolute Gasteiger partial charge is 0.466 e. The lowest BCUT2D eigenvalue weighted by atomic mass is 10.0. The van der Waals surface area contributed by atoms with Crippen LogP contribution in [-0.4, -0.2) is 24.7 Å². The topological polar surface area (TPSA) is 48.6 Å². The fourth-order valence-electron chi connectivity index (χ4n) is 3.10. The van der Waals surface area contributed by atoms with Crippen molar-refractivity contribution < 1.29 is 9.52 Å². The maximum absolute atomic E-state index is 10.4. The molecule has 1 fully saturated rings. The van der Waals surface area contributed by atoms with Gasteiger partial charge in [-0.3, -0.25) is 0 Å². The molecule has 0 aliphatic carbocycles. The van der Waals surface area contributed by atoms with Gasteiger partial charge in [0.05, 0.1) is 6.26 Å². The van der Waals surface area contributed by atoms with E-state index in [2.05, 4.69) is 34.5 Å². The fourth-order valence-corrected chi connectivity index (χ4v) is 3.10. The molecule has 0 saturated carbocycles. The third kappa shape index (κ3) is 4.15. The number of hydrogen-bond donors (Lipinski definition) is 2. The number of aliphatic hydroxyl groups is 1. The van der Waals surface area contributed by atoms with Crippen LogP contribution in [-0.2, 0) is 12.1 Å².